The first-order valence-electron chi connectivity index (χ1n) is 6.72. The van der Waals surface area contributed by atoms with Gasteiger partial charge in [0.05, 0.1) is 4.92 Å². The van der Waals surface area contributed by atoms with Crippen molar-refractivity contribution in [2.45, 2.75) is 32.6 Å². The second kappa shape index (κ2) is 8.87. The van der Waals surface area contributed by atoms with Crippen LogP contribution in [-0.2, 0) is 4.79 Å². The van der Waals surface area contributed by atoms with Crippen LogP contribution in [0.4, 0.5) is 5.00 Å². The number of hydrogen-bond acceptors (Lipinski definition) is 5. The van der Waals surface area contributed by atoms with Crippen molar-refractivity contribution in [1.29, 1.82) is 5.26 Å². The van der Waals surface area contributed by atoms with Crippen LogP contribution in [0.3, 0.4) is 0 Å². The Hall–Kier alpha value is -2.20. The van der Waals surface area contributed by atoms with Crippen molar-refractivity contribution in [3.63, 3.8) is 0 Å². The lowest BCUT2D eigenvalue weighted by atomic mass is 10.2. The van der Waals surface area contributed by atoms with E-state index in [4.69, 9.17) is 5.26 Å². The number of nitrogens with one attached hydrogen (secondary N) is 1. The van der Waals surface area contributed by atoms with Crippen LogP contribution in [0, 0.1) is 21.4 Å². The molecule has 0 fully saturated rings. The summed E-state index contributed by atoms with van der Waals surface area (Å²) < 4.78 is 0. The molecule has 0 aliphatic heterocycles. The van der Waals surface area contributed by atoms with Crippen LogP contribution in [0.15, 0.2) is 17.7 Å². The highest BCUT2D eigenvalue weighted by Gasteiger charge is 2.12. The van der Waals surface area contributed by atoms with Crippen LogP contribution in [-0.4, -0.2) is 17.4 Å². The van der Waals surface area contributed by atoms with Gasteiger partial charge in [0.25, 0.3) is 5.91 Å². The maximum atomic E-state index is 11.8. The largest absolute Gasteiger partial charge is 0.351 e. The zero-order valence-electron chi connectivity index (χ0n) is 11.8. The van der Waals surface area contributed by atoms with Crippen LogP contribution in [0.1, 0.15) is 37.5 Å². The van der Waals surface area contributed by atoms with E-state index in [1.807, 2.05) is 6.07 Å². The third-order valence-corrected chi connectivity index (χ3v) is 3.74. The number of thiophene rings is 1. The van der Waals surface area contributed by atoms with Gasteiger partial charge in [-0.05, 0) is 18.6 Å². The fourth-order valence-electron chi connectivity index (χ4n) is 1.66. The molecule has 1 N–H and O–H groups in total. The predicted molar refractivity (Wildman–Crippen MR) is 81.7 cm³/mol. The molecule has 0 aliphatic carbocycles. The summed E-state index contributed by atoms with van der Waals surface area (Å²) in [4.78, 5) is 22.4. The highest BCUT2D eigenvalue weighted by Crippen LogP contribution is 2.25. The normalized spacial score (nSPS) is 11.0. The third kappa shape index (κ3) is 5.75. The Balaban J connectivity index is 2.60. The average molecular weight is 307 g/mol. The molecular formula is C14H17N3O3S. The first-order valence-corrected chi connectivity index (χ1v) is 7.54. The van der Waals surface area contributed by atoms with E-state index in [1.165, 1.54) is 18.2 Å². The lowest BCUT2D eigenvalue weighted by Crippen LogP contribution is -2.25. The van der Waals surface area contributed by atoms with E-state index in [9.17, 15) is 14.9 Å². The monoisotopic (exact) mass is 307 g/mol. The van der Waals surface area contributed by atoms with Gasteiger partial charge < -0.3 is 5.32 Å². The molecule has 0 aromatic carbocycles. The van der Waals surface area contributed by atoms with Crippen molar-refractivity contribution in [3.05, 3.63) is 32.7 Å². The Bertz CT molecular complexity index is 572. The van der Waals surface area contributed by atoms with Gasteiger partial charge in [0.1, 0.15) is 11.6 Å². The minimum absolute atomic E-state index is 0.0153. The molecule has 0 bridgehead atoms. The topological polar surface area (TPSA) is 96.0 Å². The van der Waals surface area contributed by atoms with Crippen molar-refractivity contribution >= 4 is 28.3 Å². The summed E-state index contributed by atoms with van der Waals surface area (Å²) in [5.74, 6) is -0.440. The molecule has 7 heteroatoms. The van der Waals surface area contributed by atoms with E-state index in [-0.39, 0.29) is 10.6 Å². The van der Waals surface area contributed by atoms with Gasteiger partial charge in [-0.25, -0.2) is 0 Å². The second-order valence-corrected chi connectivity index (χ2v) is 5.51. The van der Waals surface area contributed by atoms with E-state index in [2.05, 4.69) is 12.2 Å². The van der Waals surface area contributed by atoms with Crippen molar-refractivity contribution in [2.24, 2.45) is 0 Å². The minimum atomic E-state index is -0.498. The van der Waals surface area contributed by atoms with Gasteiger partial charge in [-0.1, -0.05) is 37.5 Å². The van der Waals surface area contributed by atoms with E-state index >= 15 is 0 Å². The molecule has 1 heterocycles. The summed E-state index contributed by atoms with van der Waals surface area (Å²) in [6, 6.07) is 4.70. The predicted octanol–water partition coefficient (Wildman–Crippen LogP) is 3.26. The van der Waals surface area contributed by atoms with Gasteiger partial charge in [0, 0.05) is 17.5 Å². The Kier molecular flexibility index (Phi) is 7.12. The average Bonchev–Trinajstić information content (AvgIpc) is 2.93. The molecule has 0 radical (unpaired) electrons. The van der Waals surface area contributed by atoms with Crippen LogP contribution in [0.5, 0.6) is 0 Å². The highest BCUT2D eigenvalue weighted by molar-refractivity contribution is 7.16. The van der Waals surface area contributed by atoms with E-state index in [0.29, 0.717) is 11.4 Å². The summed E-state index contributed by atoms with van der Waals surface area (Å²) >= 11 is 0.930. The number of nitro groups is 1. The third-order valence-electron chi connectivity index (χ3n) is 2.76. The molecule has 6 nitrogen and oxygen atoms in total. The summed E-state index contributed by atoms with van der Waals surface area (Å²) in [6.45, 7) is 2.64. The van der Waals surface area contributed by atoms with Crippen LogP contribution in [0.2, 0.25) is 0 Å². The smallest absolute Gasteiger partial charge is 0.324 e. The van der Waals surface area contributed by atoms with Crippen molar-refractivity contribution in [2.75, 3.05) is 6.54 Å². The second-order valence-electron chi connectivity index (χ2n) is 4.42. The van der Waals surface area contributed by atoms with E-state index < -0.39 is 10.8 Å². The van der Waals surface area contributed by atoms with Crippen molar-refractivity contribution < 1.29 is 9.72 Å². The van der Waals surface area contributed by atoms with Gasteiger partial charge >= 0.3 is 5.00 Å². The summed E-state index contributed by atoms with van der Waals surface area (Å²) in [5.41, 5.74) is -0.0396. The molecule has 1 aromatic rings. The number of rotatable bonds is 8. The Morgan fingerprint density at radius 1 is 1.48 bits per heavy atom. The van der Waals surface area contributed by atoms with Crippen LogP contribution < -0.4 is 5.32 Å². The number of carbonyl (C=O) groups is 1. The standard InChI is InChI=1S/C14H17N3O3S/c1-2-3-4-5-8-16-14(18)11(10-15)9-12-6-7-13(21-12)17(19)20/h6-7,9H,2-5,8H2,1H3,(H,16,18). The lowest BCUT2D eigenvalue weighted by Gasteiger charge is -2.03. The van der Waals surface area contributed by atoms with Crippen molar-refractivity contribution in [3.8, 4) is 6.07 Å². The first-order chi connectivity index (χ1) is 10.1. The molecular weight excluding hydrogens is 290 g/mol. The van der Waals surface area contributed by atoms with E-state index in [0.717, 1.165) is 37.0 Å². The maximum Gasteiger partial charge on any atom is 0.324 e. The maximum absolute atomic E-state index is 11.8. The molecule has 0 atom stereocenters. The molecule has 21 heavy (non-hydrogen) atoms. The van der Waals surface area contributed by atoms with Gasteiger partial charge in [-0.2, -0.15) is 5.26 Å². The number of unbranched alkanes of at least 4 members (excludes halogenated alkanes) is 3. The van der Waals surface area contributed by atoms with Gasteiger partial charge in [-0.15, -0.1) is 0 Å². The molecule has 1 rings (SSSR count). The Labute approximate surface area is 127 Å². The van der Waals surface area contributed by atoms with Crippen LogP contribution in [0.25, 0.3) is 6.08 Å². The van der Waals surface area contributed by atoms with Gasteiger partial charge in [0.15, 0.2) is 0 Å². The van der Waals surface area contributed by atoms with Crippen molar-refractivity contribution in [1.82, 2.24) is 5.32 Å². The first kappa shape index (κ1) is 16.9. The minimum Gasteiger partial charge on any atom is -0.351 e. The molecule has 112 valence electrons. The zero-order valence-corrected chi connectivity index (χ0v) is 12.6. The quantitative estimate of drug-likeness (QED) is 0.262. The number of nitrogens with zero attached hydrogens (tertiary/aromatic N) is 2. The number of nitriles is 1. The Morgan fingerprint density at radius 3 is 2.81 bits per heavy atom. The Morgan fingerprint density at radius 2 is 2.24 bits per heavy atom. The van der Waals surface area contributed by atoms with Gasteiger partial charge in [-0.3, -0.25) is 14.9 Å². The SMILES string of the molecule is CCCCCCNC(=O)C(C#N)=Cc1ccc([N+](=O)[O-])s1. The fourth-order valence-corrected chi connectivity index (χ4v) is 2.42. The van der Waals surface area contributed by atoms with Crippen LogP contribution >= 0.6 is 11.3 Å². The van der Waals surface area contributed by atoms with E-state index in [1.54, 1.807) is 0 Å². The summed E-state index contributed by atoms with van der Waals surface area (Å²) in [6.07, 6.45) is 5.53. The molecule has 0 aliphatic rings. The molecule has 0 saturated carbocycles. The summed E-state index contributed by atoms with van der Waals surface area (Å²) in [7, 11) is 0. The molecule has 0 spiro atoms. The van der Waals surface area contributed by atoms with Gasteiger partial charge in [0.2, 0.25) is 0 Å². The summed E-state index contributed by atoms with van der Waals surface area (Å²) in [5, 5.41) is 22.3. The fraction of sp³-hybridized carbons (Fsp3) is 0.429. The molecule has 1 aromatic heterocycles. The number of amides is 1. The molecule has 1 amide bonds. The number of carbonyl (C=O) groups excluding carboxylic acids is 1. The lowest BCUT2D eigenvalue weighted by molar-refractivity contribution is -0.380. The molecule has 0 unspecified atom stereocenters. The highest BCUT2D eigenvalue weighted by atomic mass is 32.1. The number of hydrogen-bond donors (Lipinski definition) is 1. The zero-order chi connectivity index (χ0) is 15.7. The molecule has 0 saturated heterocycles.